The number of para-hydroxylation sites is 1. The van der Waals surface area contributed by atoms with Crippen molar-refractivity contribution in [2.24, 2.45) is 0 Å². The average Bonchev–Trinajstić information content (AvgIpc) is 3.19. The first-order chi connectivity index (χ1) is 14.6. The van der Waals surface area contributed by atoms with E-state index in [2.05, 4.69) is 34.7 Å². The number of carbonyl (C=O) groups is 2. The Morgan fingerprint density at radius 2 is 1.97 bits per heavy atom. The minimum Gasteiger partial charge on any atom is -0.361 e. The van der Waals surface area contributed by atoms with E-state index in [1.165, 1.54) is 22.7 Å². The van der Waals surface area contributed by atoms with Crippen molar-refractivity contribution >= 4 is 51.8 Å². The molecule has 1 saturated heterocycles. The van der Waals surface area contributed by atoms with Gasteiger partial charge in [0.2, 0.25) is 11.8 Å². The lowest BCUT2D eigenvalue weighted by molar-refractivity contribution is -0.133. The minimum absolute atomic E-state index is 0.0532. The molecule has 0 saturated carbocycles. The lowest BCUT2D eigenvalue weighted by Gasteiger charge is -2.33. The third-order valence-electron chi connectivity index (χ3n) is 6.03. The fourth-order valence-corrected chi connectivity index (χ4v) is 5.67. The SMILES string of the molecule is O=C1Nc2cc(Cl)ccc2SC1CC(=O)N1CCC(c2c[nH]c3ccccc23)CC1. The van der Waals surface area contributed by atoms with Gasteiger partial charge in [-0.2, -0.15) is 0 Å². The first-order valence-corrected chi connectivity index (χ1v) is 11.4. The maximum atomic E-state index is 12.9. The molecule has 1 fully saturated rings. The molecule has 0 aliphatic carbocycles. The molecule has 0 spiro atoms. The van der Waals surface area contributed by atoms with Gasteiger partial charge < -0.3 is 15.2 Å². The number of anilines is 1. The molecular weight excluding hydrogens is 418 g/mol. The summed E-state index contributed by atoms with van der Waals surface area (Å²) in [5.41, 5.74) is 3.23. The molecule has 1 atom stereocenters. The summed E-state index contributed by atoms with van der Waals surface area (Å²) >= 11 is 7.45. The highest BCUT2D eigenvalue weighted by Gasteiger charge is 2.32. The lowest BCUT2D eigenvalue weighted by atomic mass is 9.89. The van der Waals surface area contributed by atoms with Gasteiger partial charge in [-0.1, -0.05) is 29.8 Å². The molecule has 2 N–H and O–H groups in total. The number of H-pyrrole nitrogens is 1. The number of thioether (sulfide) groups is 1. The summed E-state index contributed by atoms with van der Waals surface area (Å²) in [7, 11) is 0. The Morgan fingerprint density at radius 1 is 1.17 bits per heavy atom. The number of carbonyl (C=O) groups excluding carboxylic acids is 2. The molecule has 7 heteroatoms. The summed E-state index contributed by atoms with van der Waals surface area (Å²) in [4.78, 5) is 31.6. The number of aromatic nitrogens is 1. The Balaban J connectivity index is 1.21. The van der Waals surface area contributed by atoms with Crippen LogP contribution >= 0.6 is 23.4 Å². The van der Waals surface area contributed by atoms with E-state index in [-0.39, 0.29) is 18.2 Å². The Labute approximate surface area is 184 Å². The third-order valence-corrected chi connectivity index (χ3v) is 7.54. The Bertz CT molecular complexity index is 1120. The van der Waals surface area contributed by atoms with E-state index in [1.54, 1.807) is 12.1 Å². The zero-order chi connectivity index (χ0) is 20.7. The number of piperidine rings is 1. The number of benzene rings is 2. The number of likely N-dealkylation sites (tertiary alicyclic amines) is 1. The van der Waals surface area contributed by atoms with Crippen molar-refractivity contribution in [1.82, 2.24) is 9.88 Å². The molecule has 1 unspecified atom stereocenters. The van der Waals surface area contributed by atoms with E-state index in [1.807, 2.05) is 17.0 Å². The van der Waals surface area contributed by atoms with E-state index in [9.17, 15) is 9.59 Å². The van der Waals surface area contributed by atoms with Crippen molar-refractivity contribution in [3.63, 3.8) is 0 Å². The monoisotopic (exact) mass is 439 g/mol. The largest absolute Gasteiger partial charge is 0.361 e. The van der Waals surface area contributed by atoms with Crippen LogP contribution in [-0.2, 0) is 9.59 Å². The number of nitrogens with zero attached hydrogens (tertiary/aromatic N) is 1. The predicted molar refractivity (Wildman–Crippen MR) is 121 cm³/mol. The van der Waals surface area contributed by atoms with Gasteiger partial charge in [0.25, 0.3) is 0 Å². The highest BCUT2D eigenvalue weighted by atomic mass is 35.5. The second-order valence-corrected chi connectivity index (χ2v) is 9.57. The average molecular weight is 440 g/mol. The van der Waals surface area contributed by atoms with Crippen LogP contribution in [0.4, 0.5) is 5.69 Å². The molecule has 1 aromatic heterocycles. The molecule has 2 aliphatic rings. The number of aromatic amines is 1. The summed E-state index contributed by atoms with van der Waals surface area (Å²) < 4.78 is 0. The first kappa shape index (κ1) is 19.5. The van der Waals surface area contributed by atoms with Crippen molar-refractivity contribution in [1.29, 1.82) is 0 Å². The Kier molecular flexibility index (Phi) is 5.21. The van der Waals surface area contributed by atoms with Crippen LogP contribution in [0.25, 0.3) is 10.9 Å². The Morgan fingerprint density at radius 3 is 2.80 bits per heavy atom. The van der Waals surface area contributed by atoms with Gasteiger partial charge in [-0.25, -0.2) is 0 Å². The molecule has 0 radical (unpaired) electrons. The first-order valence-electron chi connectivity index (χ1n) is 10.2. The molecule has 5 nitrogen and oxygen atoms in total. The van der Waals surface area contributed by atoms with E-state index in [4.69, 9.17) is 11.6 Å². The van der Waals surface area contributed by atoms with E-state index in [0.717, 1.165) is 42.0 Å². The number of amides is 2. The topological polar surface area (TPSA) is 65.2 Å². The zero-order valence-electron chi connectivity index (χ0n) is 16.4. The number of hydrogen-bond donors (Lipinski definition) is 2. The highest BCUT2D eigenvalue weighted by molar-refractivity contribution is 8.01. The fourth-order valence-electron chi connectivity index (χ4n) is 4.42. The van der Waals surface area contributed by atoms with Gasteiger partial charge in [0, 0.05) is 46.5 Å². The van der Waals surface area contributed by atoms with Crippen LogP contribution in [0, 0.1) is 0 Å². The van der Waals surface area contributed by atoms with Crippen molar-refractivity contribution in [2.45, 2.75) is 35.3 Å². The lowest BCUT2D eigenvalue weighted by Crippen LogP contribution is -2.41. The van der Waals surface area contributed by atoms with Gasteiger partial charge in [-0.05, 0) is 48.6 Å². The van der Waals surface area contributed by atoms with Gasteiger partial charge in [0.05, 0.1) is 10.9 Å². The zero-order valence-corrected chi connectivity index (χ0v) is 17.9. The maximum Gasteiger partial charge on any atom is 0.238 e. The van der Waals surface area contributed by atoms with Crippen LogP contribution in [0.3, 0.4) is 0 Å². The van der Waals surface area contributed by atoms with Crippen molar-refractivity contribution in [2.75, 3.05) is 18.4 Å². The van der Waals surface area contributed by atoms with Crippen LogP contribution in [0.1, 0.15) is 30.7 Å². The van der Waals surface area contributed by atoms with Gasteiger partial charge in [0.1, 0.15) is 0 Å². The molecule has 2 aromatic carbocycles. The van der Waals surface area contributed by atoms with Gasteiger partial charge in [0.15, 0.2) is 0 Å². The molecule has 2 aliphatic heterocycles. The highest BCUT2D eigenvalue weighted by Crippen LogP contribution is 2.39. The second-order valence-electron chi connectivity index (χ2n) is 7.89. The maximum absolute atomic E-state index is 12.9. The van der Waals surface area contributed by atoms with E-state index < -0.39 is 5.25 Å². The van der Waals surface area contributed by atoms with Gasteiger partial charge in [-0.15, -0.1) is 11.8 Å². The van der Waals surface area contributed by atoms with Crippen LogP contribution in [-0.4, -0.2) is 40.0 Å². The predicted octanol–water partition coefficient (Wildman–Crippen LogP) is 5.03. The van der Waals surface area contributed by atoms with E-state index in [0.29, 0.717) is 10.9 Å². The Hall–Kier alpha value is -2.44. The van der Waals surface area contributed by atoms with Crippen molar-refractivity contribution in [3.05, 3.63) is 59.2 Å². The molecule has 154 valence electrons. The number of hydrogen-bond acceptors (Lipinski definition) is 3. The van der Waals surface area contributed by atoms with E-state index >= 15 is 0 Å². The molecular formula is C23H22ClN3O2S. The summed E-state index contributed by atoms with van der Waals surface area (Å²) in [6, 6.07) is 13.8. The van der Waals surface area contributed by atoms with Gasteiger partial charge in [-0.3, -0.25) is 9.59 Å². The number of rotatable bonds is 3. The van der Waals surface area contributed by atoms with Crippen molar-refractivity contribution in [3.8, 4) is 0 Å². The molecule has 30 heavy (non-hydrogen) atoms. The van der Waals surface area contributed by atoms with Crippen LogP contribution in [0.2, 0.25) is 5.02 Å². The number of fused-ring (bicyclic) bond motifs is 2. The molecule has 3 heterocycles. The van der Waals surface area contributed by atoms with Gasteiger partial charge >= 0.3 is 0 Å². The smallest absolute Gasteiger partial charge is 0.238 e. The molecule has 5 rings (SSSR count). The number of halogens is 1. The van der Waals surface area contributed by atoms with Crippen LogP contribution < -0.4 is 5.32 Å². The quantitative estimate of drug-likeness (QED) is 0.601. The normalized spacial score (nSPS) is 19.6. The fraction of sp³-hybridized carbons (Fsp3) is 0.304. The number of nitrogens with one attached hydrogen (secondary N) is 2. The standard InChI is InChI=1S/C23H22ClN3O2S/c24-15-5-6-20-19(11-15)26-23(29)21(30-20)12-22(28)27-9-7-14(8-10-27)17-13-25-18-4-2-1-3-16(17)18/h1-6,11,13-14,21,25H,7-10,12H2,(H,26,29). The molecule has 3 aromatic rings. The third kappa shape index (κ3) is 3.70. The summed E-state index contributed by atoms with van der Waals surface area (Å²) in [6.07, 6.45) is 4.22. The second kappa shape index (κ2) is 8.00. The van der Waals surface area contributed by atoms with Crippen LogP contribution in [0.5, 0.6) is 0 Å². The summed E-state index contributed by atoms with van der Waals surface area (Å²) in [5, 5.41) is 4.34. The van der Waals surface area contributed by atoms with Crippen molar-refractivity contribution < 1.29 is 9.59 Å². The molecule has 0 bridgehead atoms. The minimum atomic E-state index is -0.405. The molecule has 2 amide bonds. The summed E-state index contributed by atoms with van der Waals surface area (Å²) in [6.45, 7) is 1.46. The summed E-state index contributed by atoms with van der Waals surface area (Å²) in [5.74, 6) is 0.378. The van der Waals surface area contributed by atoms with Crippen LogP contribution in [0.15, 0.2) is 53.6 Å².